The average Bonchev–Trinajstić information content (AvgIpc) is 2.30. The van der Waals surface area contributed by atoms with Crippen LogP contribution in [0.3, 0.4) is 0 Å². The number of hydrogen-bond donors (Lipinski definition) is 1. The number of aliphatic hydroxyl groups is 1. The number of benzene rings is 1. The number of nitrogens with zero attached hydrogens (tertiary/aromatic N) is 1. The molecule has 1 saturated heterocycles. The molecule has 88 valence electrons. The molecular formula is C13H19NOS. The minimum absolute atomic E-state index is 0.587. The summed E-state index contributed by atoms with van der Waals surface area (Å²) in [6.07, 6.45) is 1.75. The molecule has 2 nitrogen and oxygen atoms in total. The first-order valence-electron chi connectivity index (χ1n) is 5.70. The van der Waals surface area contributed by atoms with Gasteiger partial charge in [-0.3, -0.25) is 0 Å². The fraction of sp³-hybridized carbons (Fsp3) is 0.538. The van der Waals surface area contributed by atoms with Gasteiger partial charge in [0, 0.05) is 19.8 Å². The van der Waals surface area contributed by atoms with Gasteiger partial charge < -0.3 is 10.0 Å². The van der Waals surface area contributed by atoms with Crippen molar-refractivity contribution in [2.75, 3.05) is 30.5 Å². The fourth-order valence-corrected chi connectivity index (χ4v) is 3.24. The van der Waals surface area contributed by atoms with Gasteiger partial charge in [-0.2, -0.15) is 11.8 Å². The summed E-state index contributed by atoms with van der Waals surface area (Å²) in [5, 5.41) is 10.5. The third-order valence-corrected chi connectivity index (χ3v) is 4.23. The van der Waals surface area contributed by atoms with Crippen molar-refractivity contribution in [3.63, 3.8) is 0 Å². The largest absolute Gasteiger partial charge is 0.385 e. The maximum absolute atomic E-state index is 10.5. The molecule has 1 N–H and O–H groups in total. The van der Waals surface area contributed by atoms with Crippen molar-refractivity contribution in [2.24, 2.45) is 0 Å². The molecule has 2 rings (SSSR count). The van der Waals surface area contributed by atoms with E-state index in [-0.39, 0.29) is 0 Å². The Morgan fingerprint density at radius 3 is 2.19 bits per heavy atom. The zero-order chi connectivity index (χ0) is 11.6. The highest BCUT2D eigenvalue weighted by Crippen LogP contribution is 2.36. The molecule has 1 aliphatic rings. The Morgan fingerprint density at radius 2 is 1.69 bits per heavy atom. The topological polar surface area (TPSA) is 23.5 Å². The lowest BCUT2D eigenvalue weighted by atomic mass is 9.88. The maximum atomic E-state index is 10.5. The smallest absolute Gasteiger partial charge is 0.0912 e. The van der Waals surface area contributed by atoms with Gasteiger partial charge in [0.15, 0.2) is 0 Å². The Labute approximate surface area is 102 Å². The molecule has 1 aromatic carbocycles. The van der Waals surface area contributed by atoms with Gasteiger partial charge in [0.05, 0.1) is 5.60 Å². The highest BCUT2D eigenvalue weighted by molar-refractivity contribution is 7.99. The Bertz CT molecular complexity index is 341. The molecule has 0 bridgehead atoms. The second-order valence-corrected chi connectivity index (χ2v) is 5.81. The van der Waals surface area contributed by atoms with Gasteiger partial charge in [0.25, 0.3) is 0 Å². The first-order chi connectivity index (χ1) is 7.62. The molecule has 1 aromatic rings. The Balaban J connectivity index is 2.20. The van der Waals surface area contributed by atoms with E-state index in [9.17, 15) is 5.11 Å². The lowest BCUT2D eigenvalue weighted by molar-refractivity contribution is 0.0281. The van der Waals surface area contributed by atoms with E-state index in [2.05, 4.69) is 29.2 Å². The van der Waals surface area contributed by atoms with Crippen molar-refractivity contribution in [1.82, 2.24) is 0 Å². The normalized spacial score (nSPS) is 19.4. The molecule has 0 aliphatic carbocycles. The molecule has 3 heteroatoms. The van der Waals surface area contributed by atoms with Crippen molar-refractivity contribution >= 4 is 17.4 Å². The van der Waals surface area contributed by atoms with Gasteiger partial charge in [-0.1, -0.05) is 12.1 Å². The monoisotopic (exact) mass is 237 g/mol. The molecule has 0 atom stereocenters. The maximum Gasteiger partial charge on any atom is 0.0912 e. The molecule has 0 unspecified atom stereocenters. The van der Waals surface area contributed by atoms with Gasteiger partial charge >= 0.3 is 0 Å². The van der Waals surface area contributed by atoms with Crippen LogP contribution in [-0.2, 0) is 5.60 Å². The van der Waals surface area contributed by atoms with E-state index in [4.69, 9.17) is 0 Å². The first-order valence-corrected chi connectivity index (χ1v) is 6.85. The van der Waals surface area contributed by atoms with Crippen LogP contribution in [-0.4, -0.2) is 30.7 Å². The highest BCUT2D eigenvalue weighted by Gasteiger charge is 2.31. The van der Waals surface area contributed by atoms with Crippen LogP contribution in [0.15, 0.2) is 24.3 Å². The Hall–Kier alpha value is -0.670. The van der Waals surface area contributed by atoms with E-state index in [1.165, 1.54) is 5.69 Å². The van der Waals surface area contributed by atoms with Crippen molar-refractivity contribution < 1.29 is 5.11 Å². The number of rotatable bonds is 2. The minimum atomic E-state index is -0.587. The Kier molecular flexibility index (Phi) is 3.45. The summed E-state index contributed by atoms with van der Waals surface area (Å²) < 4.78 is 0. The molecular weight excluding hydrogens is 218 g/mol. The third-order valence-electron chi connectivity index (χ3n) is 3.24. The van der Waals surface area contributed by atoms with Crippen LogP contribution in [0.4, 0.5) is 5.69 Å². The molecule has 0 amide bonds. The number of anilines is 1. The van der Waals surface area contributed by atoms with E-state index in [1.807, 2.05) is 25.9 Å². The predicted molar refractivity (Wildman–Crippen MR) is 71.2 cm³/mol. The zero-order valence-corrected chi connectivity index (χ0v) is 10.8. The fourth-order valence-electron chi connectivity index (χ4n) is 2.07. The van der Waals surface area contributed by atoms with Crippen LogP contribution in [0.25, 0.3) is 0 Å². The second-order valence-electron chi connectivity index (χ2n) is 4.59. The summed E-state index contributed by atoms with van der Waals surface area (Å²) >= 11 is 1.93. The van der Waals surface area contributed by atoms with Gasteiger partial charge in [-0.15, -0.1) is 0 Å². The van der Waals surface area contributed by atoms with E-state index >= 15 is 0 Å². The van der Waals surface area contributed by atoms with Crippen molar-refractivity contribution in [2.45, 2.75) is 18.4 Å². The van der Waals surface area contributed by atoms with Crippen LogP contribution in [0.1, 0.15) is 18.4 Å². The molecule has 1 fully saturated rings. The average molecular weight is 237 g/mol. The second kappa shape index (κ2) is 4.68. The third kappa shape index (κ3) is 2.36. The van der Waals surface area contributed by atoms with Crippen LogP contribution in [0.2, 0.25) is 0 Å². The SMILES string of the molecule is CN(C)c1ccc(C2(O)CCSCC2)cc1. The van der Waals surface area contributed by atoms with E-state index in [0.29, 0.717) is 0 Å². The van der Waals surface area contributed by atoms with Gasteiger partial charge in [0.1, 0.15) is 0 Å². The molecule has 1 heterocycles. The van der Waals surface area contributed by atoms with Gasteiger partial charge in [0.2, 0.25) is 0 Å². The first kappa shape index (κ1) is 11.8. The summed E-state index contributed by atoms with van der Waals surface area (Å²) in [6, 6.07) is 8.28. The zero-order valence-electron chi connectivity index (χ0n) is 9.94. The minimum Gasteiger partial charge on any atom is -0.385 e. The van der Waals surface area contributed by atoms with Crippen molar-refractivity contribution in [3.8, 4) is 0 Å². The van der Waals surface area contributed by atoms with Gasteiger partial charge in [-0.05, 0) is 42.0 Å². The quantitative estimate of drug-likeness (QED) is 0.855. The Morgan fingerprint density at radius 1 is 1.12 bits per heavy atom. The lowest BCUT2D eigenvalue weighted by Crippen LogP contribution is -2.30. The molecule has 0 spiro atoms. The summed E-state index contributed by atoms with van der Waals surface area (Å²) in [5.41, 5.74) is 1.66. The summed E-state index contributed by atoms with van der Waals surface area (Å²) in [7, 11) is 4.06. The van der Waals surface area contributed by atoms with Crippen molar-refractivity contribution in [3.05, 3.63) is 29.8 Å². The van der Waals surface area contributed by atoms with Gasteiger partial charge in [-0.25, -0.2) is 0 Å². The molecule has 0 saturated carbocycles. The standard InChI is InChI=1S/C13H19NOS/c1-14(2)12-5-3-11(4-6-12)13(15)7-9-16-10-8-13/h3-6,15H,7-10H2,1-2H3. The van der Waals surface area contributed by atoms with Crippen molar-refractivity contribution in [1.29, 1.82) is 0 Å². The van der Waals surface area contributed by atoms with Crippen LogP contribution in [0, 0.1) is 0 Å². The van der Waals surface area contributed by atoms with E-state index < -0.39 is 5.60 Å². The van der Waals surface area contributed by atoms with E-state index in [0.717, 1.165) is 29.9 Å². The van der Waals surface area contributed by atoms with Crippen LogP contribution >= 0.6 is 11.8 Å². The van der Waals surface area contributed by atoms with E-state index in [1.54, 1.807) is 0 Å². The number of thioether (sulfide) groups is 1. The predicted octanol–water partition coefficient (Wildman–Crippen LogP) is 2.47. The summed E-state index contributed by atoms with van der Waals surface area (Å²) in [4.78, 5) is 2.07. The molecule has 16 heavy (non-hydrogen) atoms. The molecule has 1 aliphatic heterocycles. The summed E-state index contributed by atoms with van der Waals surface area (Å²) in [6.45, 7) is 0. The van der Waals surface area contributed by atoms with Crippen LogP contribution < -0.4 is 4.90 Å². The highest BCUT2D eigenvalue weighted by atomic mass is 32.2. The summed E-state index contributed by atoms with van der Waals surface area (Å²) in [5.74, 6) is 2.12. The van der Waals surface area contributed by atoms with Crippen LogP contribution in [0.5, 0.6) is 0 Å². The lowest BCUT2D eigenvalue weighted by Gasteiger charge is -2.32. The molecule has 0 aromatic heterocycles. The number of hydrogen-bond acceptors (Lipinski definition) is 3. The molecule has 0 radical (unpaired) electrons.